The average Bonchev–Trinajstić information content (AvgIpc) is 3.14. The minimum Gasteiger partial charge on any atom is -0.477 e. The molecule has 1 aromatic heterocycles. The molecule has 2 rings (SSSR count). The van der Waals surface area contributed by atoms with Crippen molar-refractivity contribution in [3.8, 4) is 0 Å². The van der Waals surface area contributed by atoms with Crippen molar-refractivity contribution in [2.45, 2.75) is 44.2 Å². The van der Waals surface area contributed by atoms with Gasteiger partial charge in [0.15, 0.2) is 0 Å². The molecule has 0 spiro atoms. The smallest absolute Gasteiger partial charge is 0.352 e. The molecule has 1 aliphatic rings. The maximum absolute atomic E-state index is 12.5. The summed E-state index contributed by atoms with van der Waals surface area (Å²) in [6.07, 6.45) is 3.50. The summed E-state index contributed by atoms with van der Waals surface area (Å²) in [4.78, 5) is 11.2. The molecule has 0 aliphatic heterocycles. The van der Waals surface area contributed by atoms with E-state index in [4.69, 9.17) is 5.11 Å². The van der Waals surface area contributed by atoms with Crippen molar-refractivity contribution in [3.63, 3.8) is 0 Å². The first-order chi connectivity index (χ1) is 9.28. The Balaban J connectivity index is 2.36. The van der Waals surface area contributed by atoms with E-state index in [9.17, 15) is 13.2 Å². The molecule has 1 atom stereocenters. The molecule has 0 amide bonds. The van der Waals surface area contributed by atoms with Crippen LogP contribution in [0.15, 0.2) is 17.2 Å². The minimum atomic E-state index is -3.64. The number of hydrogen-bond donors (Lipinski definition) is 1. The highest BCUT2D eigenvalue weighted by molar-refractivity contribution is 7.89. The number of rotatable bonds is 6. The fourth-order valence-corrected chi connectivity index (χ4v) is 3.79. The van der Waals surface area contributed by atoms with Crippen LogP contribution in [0.25, 0.3) is 0 Å². The molecule has 1 aromatic rings. The lowest BCUT2D eigenvalue weighted by molar-refractivity contribution is 0.0685. The van der Waals surface area contributed by atoms with E-state index in [-0.39, 0.29) is 16.6 Å². The molecule has 0 aromatic carbocycles. The predicted molar refractivity (Wildman–Crippen MR) is 74.2 cm³/mol. The maximum Gasteiger partial charge on any atom is 0.352 e. The second-order valence-electron chi connectivity index (χ2n) is 5.25. The Morgan fingerprint density at radius 2 is 2.15 bits per heavy atom. The number of aromatic nitrogens is 1. The zero-order chi connectivity index (χ0) is 15.1. The van der Waals surface area contributed by atoms with Crippen LogP contribution < -0.4 is 0 Å². The van der Waals surface area contributed by atoms with Gasteiger partial charge in [0.1, 0.15) is 10.6 Å². The molecular weight excluding hydrogens is 280 g/mol. The van der Waals surface area contributed by atoms with Gasteiger partial charge in [-0.15, -0.1) is 0 Å². The minimum absolute atomic E-state index is 0.00134. The largest absolute Gasteiger partial charge is 0.477 e. The Labute approximate surface area is 119 Å². The summed E-state index contributed by atoms with van der Waals surface area (Å²) in [7, 11) is -2.08. The van der Waals surface area contributed by atoms with Gasteiger partial charge in [0.25, 0.3) is 0 Å². The van der Waals surface area contributed by atoms with Crippen LogP contribution in [0.4, 0.5) is 0 Å². The molecule has 1 N–H and O–H groups in total. The van der Waals surface area contributed by atoms with E-state index in [1.165, 1.54) is 21.1 Å². The van der Waals surface area contributed by atoms with Gasteiger partial charge in [0, 0.05) is 25.8 Å². The number of sulfonamides is 1. The van der Waals surface area contributed by atoms with Gasteiger partial charge in [-0.05, 0) is 38.7 Å². The molecule has 1 heterocycles. The molecule has 112 valence electrons. The summed E-state index contributed by atoms with van der Waals surface area (Å²) >= 11 is 0. The van der Waals surface area contributed by atoms with Crippen LogP contribution in [0.1, 0.15) is 37.2 Å². The molecular formula is C13H20N2O4S. The topological polar surface area (TPSA) is 79.6 Å². The Bertz CT molecular complexity index is 616. The molecule has 0 saturated heterocycles. The Hall–Kier alpha value is -1.34. The quantitative estimate of drug-likeness (QED) is 0.866. The van der Waals surface area contributed by atoms with Gasteiger partial charge >= 0.3 is 5.97 Å². The zero-order valence-corrected chi connectivity index (χ0v) is 12.7. The van der Waals surface area contributed by atoms with Gasteiger partial charge in [-0.1, -0.05) is 0 Å². The second-order valence-corrected chi connectivity index (χ2v) is 7.25. The van der Waals surface area contributed by atoms with Crippen LogP contribution in [0, 0.1) is 5.92 Å². The Kier molecular flexibility index (Phi) is 3.93. The third kappa shape index (κ3) is 2.60. The number of carboxylic acids is 1. The van der Waals surface area contributed by atoms with E-state index in [1.807, 2.05) is 6.92 Å². The Morgan fingerprint density at radius 1 is 1.55 bits per heavy atom. The highest BCUT2D eigenvalue weighted by Crippen LogP contribution is 2.36. The monoisotopic (exact) mass is 300 g/mol. The molecule has 7 heteroatoms. The summed E-state index contributed by atoms with van der Waals surface area (Å²) in [5.74, 6) is -0.701. The van der Waals surface area contributed by atoms with E-state index >= 15 is 0 Å². The molecule has 0 unspecified atom stereocenters. The highest BCUT2D eigenvalue weighted by Gasteiger charge is 2.36. The van der Waals surface area contributed by atoms with E-state index < -0.39 is 16.0 Å². The predicted octanol–water partition coefficient (Wildman–Crippen LogP) is 1.63. The van der Waals surface area contributed by atoms with Gasteiger partial charge in [0.2, 0.25) is 10.0 Å². The van der Waals surface area contributed by atoms with Gasteiger partial charge in [-0.2, -0.15) is 4.31 Å². The lowest BCUT2D eigenvalue weighted by Gasteiger charge is -2.23. The van der Waals surface area contributed by atoms with E-state index in [2.05, 4.69) is 0 Å². The van der Waals surface area contributed by atoms with Crippen molar-refractivity contribution in [3.05, 3.63) is 18.0 Å². The highest BCUT2D eigenvalue weighted by atomic mass is 32.2. The van der Waals surface area contributed by atoms with Crippen molar-refractivity contribution < 1.29 is 18.3 Å². The summed E-state index contributed by atoms with van der Waals surface area (Å²) in [5, 5.41) is 9.09. The molecule has 1 aliphatic carbocycles. The number of aryl methyl sites for hydroxylation is 1. The van der Waals surface area contributed by atoms with Gasteiger partial charge in [-0.25, -0.2) is 13.2 Å². The summed E-state index contributed by atoms with van der Waals surface area (Å²) in [6.45, 7) is 4.09. The number of hydrogen-bond acceptors (Lipinski definition) is 3. The standard InChI is InChI=1S/C13H20N2O4S/c1-4-15-8-11(7-12(15)13(16)17)20(18,19)14(3)9(2)10-5-6-10/h7-10H,4-6H2,1-3H3,(H,16,17)/t9-/m1/s1. The maximum atomic E-state index is 12.5. The summed E-state index contributed by atoms with van der Waals surface area (Å²) in [5.41, 5.74) is -0.00134. The number of carboxylic acid groups (broad SMARTS) is 1. The van der Waals surface area contributed by atoms with Crippen molar-refractivity contribution in [1.82, 2.24) is 8.87 Å². The van der Waals surface area contributed by atoms with Crippen LogP contribution in [0.2, 0.25) is 0 Å². The number of aromatic carboxylic acids is 1. The normalized spacial score (nSPS) is 17.4. The molecule has 1 fully saturated rings. The second kappa shape index (κ2) is 5.21. The SMILES string of the molecule is CCn1cc(S(=O)(=O)N(C)[C@H](C)C2CC2)cc1C(=O)O. The number of nitrogens with zero attached hydrogens (tertiary/aromatic N) is 2. The van der Waals surface area contributed by atoms with Gasteiger partial charge in [0.05, 0.1) is 0 Å². The number of carbonyl (C=O) groups is 1. The third-order valence-electron chi connectivity index (χ3n) is 3.99. The average molecular weight is 300 g/mol. The van der Waals surface area contributed by atoms with Gasteiger partial charge in [-0.3, -0.25) is 0 Å². The molecule has 6 nitrogen and oxygen atoms in total. The van der Waals surface area contributed by atoms with Crippen LogP contribution in [-0.2, 0) is 16.6 Å². The first kappa shape index (κ1) is 15.1. The Morgan fingerprint density at radius 3 is 2.55 bits per heavy atom. The van der Waals surface area contributed by atoms with Crippen molar-refractivity contribution in [2.24, 2.45) is 5.92 Å². The summed E-state index contributed by atoms with van der Waals surface area (Å²) < 4.78 is 27.8. The molecule has 0 bridgehead atoms. The van der Waals surface area contributed by atoms with Crippen LogP contribution in [-0.4, -0.2) is 41.5 Å². The summed E-state index contributed by atoms with van der Waals surface area (Å²) in [6, 6.07) is 1.18. The molecule has 0 radical (unpaired) electrons. The van der Waals surface area contributed by atoms with E-state index in [1.54, 1.807) is 14.0 Å². The third-order valence-corrected chi connectivity index (χ3v) is 5.90. The molecule has 1 saturated carbocycles. The van der Waals surface area contributed by atoms with Crippen LogP contribution in [0.5, 0.6) is 0 Å². The van der Waals surface area contributed by atoms with Gasteiger partial charge < -0.3 is 9.67 Å². The van der Waals surface area contributed by atoms with Crippen molar-refractivity contribution in [2.75, 3.05) is 7.05 Å². The fraction of sp³-hybridized carbons (Fsp3) is 0.615. The lowest BCUT2D eigenvalue weighted by Crippen LogP contribution is -2.36. The van der Waals surface area contributed by atoms with Crippen LogP contribution in [0.3, 0.4) is 0 Å². The van der Waals surface area contributed by atoms with E-state index in [0.717, 1.165) is 12.8 Å². The first-order valence-corrected chi connectivity index (χ1v) is 8.14. The molecule has 20 heavy (non-hydrogen) atoms. The first-order valence-electron chi connectivity index (χ1n) is 6.70. The van der Waals surface area contributed by atoms with Crippen LogP contribution >= 0.6 is 0 Å². The lowest BCUT2D eigenvalue weighted by atomic mass is 10.2. The fourth-order valence-electron chi connectivity index (χ4n) is 2.33. The van der Waals surface area contributed by atoms with E-state index in [0.29, 0.717) is 12.5 Å². The van der Waals surface area contributed by atoms with Crippen molar-refractivity contribution in [1.29, 1.82) is 0 Å². The zero-order valence-electron chi connectivity index (χ0n) is 11.9. The van der Waals surface area contributed by atoms with Crippen molar-refractivity contribution >= 4 is 16.0 Å².